The third-order valence-electron chi connectivity index (χ3n) is 6.93. The number of nitrogens with zero attached hydrogens (tertiary/aromatic N) is 5. The number of para-hydroxylation sites is 2. The second-order valence-electron chi connectivity index (χ2n) is 9.41. The molecular weight excluding hydrogens is 537 g/mol. The number of esters is 1. The van der Waals surface area contributed by atoms with Gasteiger partial charge in [-0.25, -0.2) is 14.2 Å². The van der Waals surface area contributed by atoms with Gasteiger partial charge in [0.15, 0.2) is 5.58 Å². The van der Waals surface area contributed by atoms with E-state index in [1.807, 2.05) is 24.3 Å². The molecule has 2 aromatic carbocycles. The third-order valence-corrected chi connectivity index (χ3v) is 7.22. The highest BCUT2D eigenvalue weighted by Gasteiger charge is 2.24. The Kier molecular flexibility index (Phi) is 6.85. The van der Waals surface area contributed by atoms with Crippen LogP contribution in [0.5, 0.6) is 0 Å². The molecule has 4 heterocycles. The maximum atomic E-state index is 14.8. The second kappa shape index (κ2) is 10.6. The van der Waals surface area contributed by atoms with E-state index in [-0.39, 0.29) is 29.1 Å². The monoisotopic (exact) mass is 561 g/mol. The van der Waals surface area contributed by atoms with Crippen molar-refractivity contribution in [1.82, 2.24) is 14.5 Å². The molecule has 40 heavy (non-hydrogen) atoms. The number of rotatable bonds is 6. The number of halogens is 2. The van der Waals surface area contributed by atoms with Crippen LogP contribution in [0.3, 0.4) is 0 Å². The summed E-state index contributed by atoms with van der Waals surface area (Å²) in [6.45, 7) is 4.40. The maximum absolute atomic E-state index is 14.8. The summed E-state index contributed by atoms with van der Waals surface area (Å²) in [7, 11) is 0. The highest BCUT2D eigenvalue weighted by molar-refractivity contribution is 6.30. The minimum Gasteiger partial charge on any atom is -0.462 e. The van der Waals surface area contributed by atoms with Crippen LogP contribution in [0.2, 0.25) is 5.02 Å². The van der Waals surface area contributed by atoms with E-state index in [0.717, 1.165) is 11.1 Å². The van der Waals surface area contributed by atoms with Crippen molar-refractivity contribution in [3.8, 4) is 0 Å². The number of pyridine rings is 2. The number of carbonyl (C=O) groups excluding carboxylic acids is 1. The molecule has 1 saturated heterocycles. The van der Waals surface area contributed by atoms with Gasteiger partial charge in [0.25, 0.3) is 6.01 Å². The molecule has 1 aliphatic heterocycles. The molecule has 204 valence electrons. The number of fused-ring (bicyclic) bond motifs is 2. The van der Waals surface area contributed by atoms with E-state index < -0.39 is 17.2 Å². The van der Waals surface area contributed by atoms with Crippen molar-refractivity contribution in [3.63, 3.8) is 0 Å². The Morgan fingerprint density at radius 1 is 1.02 bits per heavy atom. The van der Waals surface area contributed by atoms with Crippen molar-refractivity contribution < 1.29 is 18.3 Å². The van der Waals surface area contributed by atoms with Crippen LogP contribution in [-0.2, 0) is 11.3 Å². The molecule has 3 aromatic heterocycles. The molecule has 1 aliphatic rings. The fourth-order valence-electron chi connectivity index (χ4n) is 4.88. The van der Waals surface area contributed by atoms with Gasteiger partial charge in [-0.2, -0.15) is 4.98 Å². The highest BCUT2D eigenvalue weighted by atomic mass is 35.5. The number of benzene rings is 2. The summed E-state index contributed by atoms with van der Waals surface area (Å²) in [4.78, 5) is 39.4. The minimum atomic E-state index is -0.742. The molecule has 0 spiro atoms. The van der Waals surface area contributed by atoms with Crippen LogP contribution in [0, 0.1) is 5.82 Å². The summed E-state index contributed by atoms with van der Waals surface area (Å²) < 4.78 is 27.4. The Morgan fingerprint density at radius 3 is 2.58 bits per heavy atom. The summed E-state index contributed by atoms with van der Waals surface area (Å²) >= 11 is 6.01. The number of anilines is 2. The SMILES string of the molecule is CCOC(=O)c1cn(Cc2cccc(Cl)c2F)c2nc(N3CCN(c4nc5ccccc5o4)CC3)ccc2c1=O. The van der Waals surface area contributed by atoms with Gasteiger partial charge >= 0.3 is 5.97 Å². The van der Waals surface area contributed by atoms with Gasteiger partial charge in [-0.1, -0.05) is 35.9 Å². The number of piperazine rings is 1. The molecule has 1 fully saturated rings. The van der Waals surface area contributed by atoms with E-state index in [1.54, 1.807) is 35.8 Å². The fourth-order valence-corrected chi connectivity index (χ4v) is 5.08. The van der Waals surface area contributed by atoms with E-state index in [1.165, 1.54) is 12.3 Å². The number of aromatic nitrogens is 3. The lowest BCUT2D eigenvalue weighted by atomic mass is 10.1. The van der Waals surface area contributed by atoms with Gasteiger partial charge in [0.05, 0.1) is 23.6 Å². The predicted molar refractivity (Wildman–Crippen MR) is 151 cm³/mol. The van der Waals surface area contributed by atoms with Crippen molar-refractivity contribution in [3.05, 3.63) is 93.0 Å². The van der Waals surface area contributed by atoms with E-state index in [0.29, 0.717) is 49.2 Å². The molecule has 11 heteroatoms. The Balaban J connectivity index is 1.33. The number of hydrogen-bond donors (Lipinski definition) is 0. The van der Waals surface area contributed by atoms with Gasteiger partial charge in [-0.15, -0.1) is 0 Å². The fraction of sp³-hybridized carbons (Fsp3) is 0.241. The molecule has 0 unspecified atom stereocenters. The molecule has 6 rings (SSSR count). The van der Waals surface area contributed by atoms with Crippen LogP contribution >= 0.6 is 11.6 Å². The maximum Gasteiger partial charge on any atom is 0.343 e. The van der Waals surface area contributed by atoms with Crippen molar-refractivity contribution in [2.45, 2.75) is 13.5 Å². The third kappa shape index (κ3) is 4.75. The van der Waals surface area contributed by atoms with E-state index in [4.69, 9.17) is 25.7 Å². The van der Waals surface area contributed by atoms with Crippen LogP contribution in [0.4, 0.5) is 16.2 Å². The normalized spacial score (nSPS) is 13.8. The summed E-state index contributed by atoms with van der Waals surface area (Å²) in [5.41, 5.74) is 1.55. The van der Waals surface area contributed by atoms with Gasteiger partial charge in [0, 0.05) is 37.9 Å². The Labute approximate surface area is 233 Å². The highest BCUT2D eigenvalue weighted by Crippen LogP contribution is 2.25. The van der Waals surface area contributed by atoms with Crippen molar-refractivity contribution >= 4 is 51.5 Å². The van der Waals surface area contributed by atoms with Crippen LogP contribution in [0.1, 0.15) is 22.8 Å². The zero-order valence-corrected chi connectivity index (χ0v) is 22.4. The zero-order valence-electron chi connectivity index (χ0n) is 21.6. The summed E-state index contributed by atoms with van der Waals surface area (Å²) in [6.07, 6.45) is 1.38. The largest absolute Gasteiger partial charge is 0.462 e. The molecular formula is C29H25ClFN5O4. The Morgan fingerprint density at radius 2 is 1.80 bits per heavy atom. The first-order chi connectivity index (χ1) is 19.4. The standard InChI is InChI=1S/C29H25ClFN5O4/c1-2-39-28(38)20-17-36(16-18-6-5-7-21(30)25(18)31)27-19(26(20)37)10-11-24(33-27)34-12-14-35(15-13-34)29-32-22-8-3-4-9-23(22)40-29/h3-11,17H,2,12-16H2,1H3. The smallest absolute Gasteiger partial charge is 0.343 e. The second-order valence-corrected chi connectivity index (χ2v) is 9.82. The minimum absolute atomic E-state index is 0.0114. The first kappa shape index (κ1) is 25.8. The van der Waals surface area contributed by atoms with E-state index in [9.17, 15) is 14.0 Å². The number of ether oxygens (including phenoxy) is 1. The lowest BCUT2D eigenvalue weighted by molar-refractivity contribution is 0.0524. The molecule has 0 N–H and O–H groups in total. The molecule has 0 amide bonds. The first-order valence-electron chi connectivity index (χ1n) is 12.9. The quantitative estimate of drug-likeness (QED) is 0.271. The summed E-state index contributed by atoms with van der Waals surface area (Å²) in [5, 5.41) is 0.223. The lowest BCUT2D eigenvalue weighted by Gasteiger charge is -2.34. The molecule has 9 nitrogen and oxygen atoms in total. The zero-order chi connectivity index (χ0) is 27.8. The van der Waals surface area contributed by atoms with Gasteiger partial charge in [-0.3, -0.25) is 4.79 Å². The molecule has 0 aliphatic carbocycles. The number of oxazole rings is 1. The van der Waals surface area contributed by atoms with Gasteiger partial charge in [0.1, 0.15) is 28.4 Å². The molecule has 0 atom stereocenters. The van der Waals surface area contributed by atoms with Crippen molar-refractivity contribution in [2.24, 2.45) is 0 Å². The predicted octanol–water partition coefficient (Wildman–Crippen LogP) is 4.88. The van der Waals surface area contributed by atoms with Gasteiger partial charge in [-0.05, 0) is 37.3 Å². The van der Waals surface area contributed by atoms with Crippen LogP contribution in [0.25, 0.3) is 22.1 Å². The average Bonchev–Trinajstić information content (AvgIpc) is 3.41. The summed E-state index contributed by atoms with van der Waals surface area (Å²) in [5.74, 6) is -0.650. The van der Waals surface area contributed by atoms with Gasteiger partial charge < -0.3 is 23.5 Å². The number of carbonyl (C=O) groups is 1. The van der Waals surface area contributed by atoms with Crippen LogP contribution < -0.4 is 15.2 Å². The van der Waals surface area contributed by atoms with Crippen molar-refractivity contribution in [1.29, 1.82) is 0 Å². The summed E-state index contributed by atoms with van der Waals surface area (Å²) in [6, 6.07) is 16.4. The molecule has 0 saturated carbocycles. The lowest BCUT2D eigenvalue weighted by Crippen LogP contribution is -2.47. The van der Waals surface area contributed by atoms with Gasteiger partial charge in [0.2, 0.25) is 5.43 Å². The molecule has 0 bridgehead atoms. The Bertz CT molecular complexity index is 1760. The molecule has 5 aromatic rings. The van der Waals surface area contributed by atoms with E-state index >= 15 is 0 Å². The van der Waals surface area contributed by atoms with Crippen LogP contribution in [-0.4, -0.2) is 53.3 Å². The average molecular weight is 562 g/mol. The Hall–Kier alpha value is -4.44. The van der Waals surface area contributed by atoms with Crippen molar-refractivity contribution in [2.75, 3.05) is 42.6 Å². The first-order valence-corrected chi connectivity index (χ1v) is 13.3. The topological polar surface area (TPSA) is 93.7 Å². The van der Waals surface area contributed by atoms with Crippen LogP contribution in [0.15, 0.2) is 70.0 Å². The number of hydrogen-bond acceptors (Lipinski definition) is 8. The molecule has 0 radical (unpaired) electrons. The van der Waals surface area contributed by atoms with E-state index in [2.05, 4.69) is 14.8 Å².